The molecule has 0 atom stereocenters. The van der Waals surface area contributed by atoms with Crippen molar-refractivity contribution in [2.75, 3.05) is 28.8 Å². The van der Waals surface area contributed by atoms with E-state index < -0.39 is 33.4 Å². The molecule has 0 aromatic carbocycles. The molecule has 0 spiro atoms. The fraction of sp³-hybridized carbons (Fsp3) is 0.917. The van der Waals surface area contributed by atoms with Gasteiger partial charge in [0.15, 0.2) is 21.7 Å². The van der Waals surface area contributed by atoms with Crippen LogP contribution in [0.15, 0.2) is 0 Å². The quantitative estimate of drug-likeness (QED) is 0.325. The van der Waals surface area contributed by atoms with E-state index in [9.17, 15) is 57.3 Å². The van der Waals surface area contributed by atoms with Crippen molar-refractivity contribution >= 4 is 38.6 Å². The second-order valence-corrected chi connectivity index (χ2v) is 10.3. The number of carbonyl (C=O) groups is 1. The normalized spacial score (nSPS) is 17.7. The summed E-state index contributed by atoms with van der Waals surface area (Å²) in [6.45, 7) is 1.96. The molecule has 1 fully saturated rings. The van der Waals surface area contributed by atoms with Crippen molar-refractivity contribution in [3.63, 3.8) is 0 Å². The summed E-state index contributed by atoms with van der Waals surface area (Å²) < 4.78 is 135. The zero-order valence-electron chi connectivity index (χ0n) is 14.0. The summed E-state index contributed by atoms with van der Waals surface area (Å²) in [5, 5.41) is -7.11. The van der Waals surface area contributed by atoms with Crippen molar-refractivity contribution in [2.45, 2.75) is 36.6 Å². The summed E-state index contributed by atoms with van der Waals surface area (Å²) >= 11 is 2.03. The van der Waals surface area contributed by atoms with Crippen LogP contribution in [-0.4, -0.2) is 70.8 Å². The molecule has 28 heavy (non-hydrogen) atoms. The highest BCUT2D eigenvalue weighted by Gasteiger charge is 2.83. The molecule has 0 aromatic rings. The van der Waals surface area contributed by atoms with Gasteiger partial charge in [-0.05, 0) is 10.9 Å². The Morgan fingerprint density at radius 1 is 0.964 bits per heavy atom. The van der Waals surface area contributed by atoms with Crippen molar-refractivity contribution in [1.29, 1.82) is 0 Å². The van der Waals surface area contributed by atoms with Gasteiger partial charge in [0, 0.05) is 17.9 Å². The Labute approximate surface area is 161 Å². The van der Waals surface area contributed by atoms with E-state index in [0.717, 1.165) is 12.2 Å². The average molecular weight is 490 g/mol. The number of carbonyl (C=O) groups excluding carboxylic acids is 1. The molecule has 0 bridgehead atoms. The van der Waals surface area contributed by atoms with Crippen LogP contribution < -0.4 is 0 Å². The van der Waals surface area contributed by atoms with Crippen molar-refractivity contribution in [3.05, 3.63) is 0 Å². The molecule has 1 aliphatic rings. The van der Waals surface area contributed by atoms with Crippen molar-refractivity contribution in [3.8, 4) is 0 Å². The molecule has 1 heterocycles. The summed E-state index contributed by atoms with van der Waals surface area (Å²) in [5.74, 6) is -8.36. The first kappa shape index (κ1) is 27.6. The lowest BCUT2D eigenvalue weighted by Crippen LogP contribution is -2.63. The molecule has 1 saturated heterocycles. The van der Waals surface area contributed by atoms with Gasteiger partial charge in [-0.2, -0.15) is 51.3 Å². The smallest absolute Gasteiger partial charge is 0.460 e. The largest absolute Gasteiger partial charge is 0.743 e. The predicted molar refractivity (Wildman–Crippen MR) is 85.2 cm³/mol. The number of hydrogen-bond donors (Lipinski definition) is 0. The van der Waals surface area contributed by atoms with Crippen LogP contribution in [0.4, 0.5) is 39.5 Å². The van der Waals surface area contributed by atoms with E-state index in [4.69, 9.17) is 0 Å². The van der Waals surface area contributed by atoms with Gasteiger partial charge >= 0.3 is 23.3 Å². The Balaban J connectivity index is 0.000000567. The van der Waals surface area contributed by atoms with Gasteiger partial charge in [-0.3, -0.25) is 4.79 Å². The fourth-order valence-electron chi connectivity index (χ4n) is 1.55. The number of hydrogen-bond acceptors (Lipinski definition) is 5. The minimum atomic E-state index is -7.43. The molecule has 0 aliphatic carbocycles. The first-order valence-corrected chi connectivity index (χ1v) is 11.5. The number of Topliss-reactive ketones (excluding diaryl/α,β-unsaturated/α-hetero) is 1. The topological polar surface area (TPSA) is 74.3 Å². The molecule has 16 heteroatoms. The highest BCUT2D eigenvalue weighted by atomic mass is 32.2. The molecule has 0 aromatic heterocycles. The van der Waals surface area contributed by atoms with Gasteiger partial charge in [0.2, 0.25) is 0 Å². The molecule has 1 aliphatic heterocycles. The molecular formula is C12H15F9O4S3. The van der Waals surface area contributed by atoms with E-state index in [1.54, 1.807) is 0 Å². The maximum atomic E-state index is 12.2. The van der Waals surface area contributed by atoms with Gasteiger partial charge in [0.1, 0.15) is 11.5 Å². The predicted octanol–water partition coefficient (Wildman–Crippen LogP) is 3.29. The monoisotopic (exact) mass is 490 g/mol. The van der Waals surface area contributed by atoms with E-state index in [1.807, 2.05) is 18.7 Å². The molecular weight excluding hydrogens is 475 g/mol. The van der Waals surface area contributed by atoms with Crippen molar-refractivity contribution in [1.82, 2.24) is 0 Å². The number of ketones is 1. The first-order chi connectivity index (χ1) is 12.3. The van der Waals surface area contributed by atoms with Crippen LogP contribution in [0.3, 0.4) is 0 Å². The first-order valence-electron chi connectivity index (χ1n) is 7.22. The lowest BCUT2D eigenvalue weighted by atomic mass is 10.1. The number of rotatable bonds is 6. The second-order valence-electron chi connectivity index (χ2n) is 5.29. The van der Waals surface area contributed by atoms with Crippen LogP contribution in [0.5, 0.6) is 0 Å². The van der Waals surface area contributed by atoms with Crippen molar-refractivity contribution < 1.29 is 57.3 Å². The van der Waals surface area contributed by atoms with Crippen LogP contribution in [0.1, 0.15) is 13.3 Å². The molecule has 4 nitrogen and oxygen atoms in total. The van der Waals surface area contributed by atoms with Gasteiger partial charge in [0.25, 0.3) is 0 Å². The van der Waals surface area contributed by atoms with Crippen LogP contribution in [0.25, 0.3) is 0 Å². The Bertz CT molecular complexity index is 629. The Hall–Kier alpha value is -0.350. The average Bonchev–Trinajstić information content (AvgIpc) is 2.53. The SMILES string of the molecule is CCC(=O)C[S+]1CCSCC1.O=S(=O)([O-])C(F)(F)C(F)(F)C(F)(F)C(F)(F)F. The summed E-state index contributed by atoms with van der Waals surface area (Å²) in [7, 11) is -6.96. The highest BCUT2D eigenvalue weighted by Crippen LogP contribution is 2.54. The molecule has 1 rings (SSSR count). The maximum Gasteiger partial charge on any atom is 0.460 e. The summed E-state index contributed by atoms with van der Waals surface area (Å²) in [4.78, 5) is 11.1. The number of thioether (sulfide) groups is 1. The molecule has 0 amide bonds. The Morgan fingerprint density at radius 3 is 1.71 bits per heavy atom. The standard InChI is InChI=1S/C8H15OS2.C4HF9O3S/c1-2-8(9)7-11-5-3-10-4-6-11;5-1(6,3(9,10)11)2(7,8)4(12,13)17(14,15)16/h2-7H2,1H3;(H,14,15,16)/q+1;/p-1. The zero-order valence-corrected chi connectivity index (χ0v) is 16.5. The third kappa shape index (κ3) is 6.32. The molecule has 0 unspecified atom stereocenters. The summed E-state index contributed by atoms with van der Waals surface area (Å²) in [6.07, 6.45) is -6.43. The molecule has 168 valence electrons. The van der Waals surface area contributed by atoms with E-state index in [-0.39, 0.29) is 0 Å². The van der Waals surface area contributed by atoms with Crippen LogP contribution in [0.2, 0.25) is 0 Å². The van der Waals surface area contributed by atoms with Gasteiger partial charge in [-0.25, -0.2) is 8.42 Å². The minimum Gasteiger partial charge on any atom is -0.743 e. The third-order valence-electron chi connectivity index (χ3n) is 3.22. The van der Waals surface area contributed by atoms with E-state index >= 15 is 0 Å². The van der Waals surface area contributed by atoms with Gasteiger partial charge in [0.05, 0.1) is 0 Å². The maximum absolute atomic E-state index is 12.2. The number of halogens is 9. The highest BCUT2D eigenvalue weighted by molar-refractivity contribution is 8.05. The van der Waals surface area contributed by atoms with Gasteiger partial charge in [-0.15, -0.1) is 0 Å². The van der Waals surface area contributed by atoms with E-state index in [0.29, 0.717) is 16.7 Å². The minimum absolute atomic E-state index is 0.455. The number of alkyl halides is 9. The lowest BCUT2D eigenvalue weighted by Gasteiger charge is -2.34. The van der Waals surface area contributed by atoms with E-state index in [1.165, 1.54) is 23.0 Å². The third-order valence-corrected chi connectivity index (χ3v) is 7.90. The van der Waals surface area contributed by atoms with E-state index in [2.05, 4.69) is 0 Å². The van der Waals surface area contributed by atoms with Crippen LogP contribution in [0, 0.1) is 0 Å². The second kappa shape index (κ2) is 9.64. The zero-order chi connectivity index (χ0) is 22.6. The van der Waals surface area contributed by atoms with Gasteiger partial charge in [-0.1, -0.05) is 6.92 Å². The summed E-state index contributed by atoms with van der Waals surface area (Å²) in [5.41, 5.74) is 0. The summed E-state index contributed by atoms with van der Waals surface area (Å²) in [6, 6.07) is 0. The van der Waals surface area contributed by atoms with Crippen LogP contribution in [-0.2, 0) is 25.8 Å². The van der Waals surface area contributed by atoms with Crippen molar-refractivity contribution in [2.24, 2.45) is 0 Å². The Morgan fingerprint density at radius 2 is 1.39 bits per heavy atom. The molecule has 0 saturated carbocycles. The van der Waals surface area contributed by atoms with Gasteiger partial charge < -0.3 is 4.55 Å². The molecule has 0 N–H and O–H groups in total. The van der Waals surface area contributed by atoms with Crippen LogP contribution >= 0.6 is 11.8 Å². The molecule has 0 radical (unpaired) electrons. The fourth-order valence-corrected chi connectivity index (χ4v) is 6.18. The Kier molecular flexibility index (Phi) is 9.52. The lowest BCUT2D eigenvalue weighted by molar-refractivity contribution is -0.382.